The number of methoxy groups -OCH3 is 1. The number of amides is 2. The van der Waals surface area contributed by atoms with E-state index >= 15 is 0 Å². The lowest BCUT2D eigenvalue weighted by atomic mass is 9.95. The highest BCUT2D eigenvalue weighted by atomic mass is 127. The van der Waals surface area contributed by atoms with Gasteiger partial charge in [0.25, 0.3) is 0 Å². The molecule has 0 bridgehead atoms. The molecular weight excluding hydrogens is 747 g/mol. The summed E-state index contributed by atoms with van der Waals surface area (Å²) in [6, 6.07) is 17.5. The van der Waals surface area contributed by atoms with Gasteiger partial charge in [0.15, 0.2) is 17.7 Å². The van der Waals surface area contributed by atoms with E-state index in [9.17, 15) is 14.7 Å². The number of urea groups is 1. The van der Waals surface area contributed by atoms with Gasteiger partial charge in [-0.3, -0.25) is 5.43 Å². The van der Waals surface area contributed by atoms with Crippen molar-refractivity contribution in [3.8, 4) is 17.2 Å². The number of hydrogen-bond donors (Lipinski definition) is 4. The number of aliphatic hydroxyl groups excluding tert-OH is 1. The highest BCUT2D eigenvalue weighted by molar-refractivity contribution is 14.1. The van der Waals surface area contributed by atoms with Crippen LogP contribution in [0.15, 0.2) is 81.5 Å². The minimum Gasteiger partial charge on any atom is -0.490 e. The number of nitrogens with one attached hydrogen (secondary N) is 3. The molecular formula is C31H32BrIN4O7. The van der Waals surface area contributed by atoms with Gasteiger partial charge in [-0.05, 0) is 71.8 Å². The largest absolute Gasteiger partial charge is 0.490 e. The number of rotatable bonds is 13. The normalized spacial score (nSPS) is 15.3. The number of nitrogens with zero attached hydrogens (tertiary/aromatic N) is 1. The smallest absolute Gasteiger partial charge is 0.337 e. The molecule has 2 atom stereocenters. The molecule has 0 saturated heterocycles. The molecule has 1 aliphatic heterocycles. The lowest BCUT2D eigenvalue weighted by Crippen LogP contribution is -2.45. The van der Waals surface area contributed by atoms with Gasteiger partial charge in [0, 0.05) is 15.7 Å². The maximum Gasteiger partial charge on any atom is 0.337 e. The predicted octanol–water partition coefficient (Wildman–Crippen LogP) is 5.15. The second kappa shape index (κ2) is 15.8. The third kappa shape index (κ3) is 8.64. The molecule has 0 saturated carbocycles. The molecule has 1 aliphatic rings. The number of allylic oxidation sites excluding steroid dienone is 1. The van der Waals surface area contributed by atoms with E-state index in [0.29, 0.717) is 41.7 Å². The molecule has 44 heavy (non-hydrogen) atoms. The maximum absolute atomic E-state index is 12.5. The molecule has 4 rings (SSSR count). The number of hydrazone groups is 1. The van der Waals surface area contributed by atoms with Crippen LogP contribution >= 0.6 is 38.5 Å². The van der Waals surface area contributed by atoms with Gasteiger partial charge in [0.2, 0.25) is 0 Å². The van der Waals surface area contributed by atoms with Crippen molar-refractivity contribution in [3.05, 3.63) is 96.7 Å². The summed E-state index contributed by atoms with van der Waals surface area (Å²) in [4.78, 5) is 24.6. The minimum absolute atomic E-state index is 0.152. The molecule has 0 fully saturated rings. The average Bonchev–Trinajstić information content (AvgIpc) is 3.00. The van der Waals surface area contributed by atoms with E-state index in [4.69, 9.17) is 18.9 Å². The molecule has 0 spiro atoms. The molecule has 232 valence electrons. The Morgan fingerprint density at radius 2 is 1.91 bits per heavy atom. The highest BCUT2D eigenvalue weighted by Crippen LogP contribution is 2.35. The van der Waals surface area contributed by atoms with E-state index in [1.165, 1.54) is 7.11 Å². The maximum atomic E-state index is 12.5. The highest BCUT2D eigenvalue weighted by Gasteiger charge is 2.32. The van der Waals surface area contributed by atoms with Crippen molar-refractivity contribution >= 4 is 56.7 Å². The van der Waals surface area contributed by atoms with Crippen molar-refractivity contribution in [2.24, 2.45) is 5.10 Å². The van der Waals surface area contributed by atoms with Crippen molar-refractivity contribution in [1.29, 1.82) is 0 Å². The van der Waals surface area contributed by atoms with Crippen molar-refractivity contribution < 1.29 is 33.6 Å². The SMILES string of the molecule is CCOc1cc([C@@H]2NC(=O)NC(C)=C2C(=O)OC)ccc1OC[C@@H](O)N/N=C/c1cc(Br)cc(I)c1OCc1ccccc1. The fraction of sp³-hybridized carbons (Fsp3) is 0.258. The van der Waals surface area contributed by atoms with Crippen LogP contribution in [0.1, 0.15) is 36.6 Å². The van der Waals surface area contributed by atoms with Crippen LogP contribution in [-0.4, -0.2) is 49.9 Å². The van der Waals surface area contributed by atoms with E-state index < -0.39 is 24.3 Å². The van der Waals surface area contributed by atoms with Crippen molar-refractivity contribution in [3.63, 3.8) is 0 Å². The molecule has 3 aromatic rings. The van der Waals surface area contributed by atoms with Crippen LogP contribution in [0.5, 0.6) is 17.2 Å². The summed E-state index contributed by atoms with van der Waals surface area (Å²) in [6.07, 6.45) is 0.416. The van der Waals surface area contributed by atoms with E-state index in [-0.39, 0.29) is 12.2 Å². The molecule has 0 aliphatic carbocycles. The minimum atomic E-state index is -1.15. The van der Waals surface area contributed by atoms with Gasteiger partial charge >= 0.3 is 12.0 Å². The quantitative estimate of drug-likeness (QED) is 0.0615. The number of carbonyl (C=O) groups is 2. The Hall–Kier alpha value is -3.82. The Morgan fingerprint density at radius 1 is 1.14 bits per heavy atom. The lowest BCUT2D eigenvalue weighted by Gasteiger charge is -2.28. The molecule has 13 heteroatoms. The van der Waals surface area contributed by atoms with Gasteiger partial charge in [-0.2, -0.15) is 5.10 Å². The number of esters is 1. The standard InChI is InChI=1S/C31H32BrIN4O7/c1-4-42-25-13-20(28-27(30(39)41-3)18(2)35-31(40)36-28)10-11-24(25)43-17-26(38)37-34-15-21-12-22(32)14-23(33)29(21)44-16-19-8-6-5-7-9-19/h5-15,26,28,37-38H,4,16-17H2,1-3H3,(H2,35,36,40)/b34-15+/t26-,28+/m1/s1. The molecule has 1 heterocycles. The molecule has 2 amide bonds. The first-order chi connectivity index (χ1) is 21.2. The molecule has 0 unspecified atom stereocenters. The molecule has 0 aromatic heterocycles. The molecule has 0 radical (unpaired) electrons. The third-order valence-corrected chi connectivity index (χ3v) is 7.62. The van der Waals surface area contributed by atoms with Crippen molar-refractivity contribution in [2.75, 3.05) is 20.3 Å². The summed E-state index contributed by atoms with van der Waals surface area (Å²) in [5.41, 5.74) is 5.68. The van der Waals surface area contributed by atoms with E-state index in [0.717, 1.165) is 19.2 Å². The van der Waals surface area contributed by atoms with Gasteiger partial charge in [-0.15, -0.1) is 0 Å². The lowest BCUT2D eigenvalue weighted by molar-refractivity contribution is -0.136. The first kappa shape index (κ1) is 33.1. The fourth-order valence-corrected chi connectivity index (χ4v) is 6.08. The van der Waals surface area contributed by atoms with Gasteiger partial charge in [-0.1, -0.05) is 52.3 Å². The summed E-state index contributed by atoms with van der Waals surface area (Å²) in [5.74, 6) is 0.833. The van der Waals surface area contributed by atoms with Crippen LogP contribution in [0, 0.1) is 3.57 Å². The zero-order valence-corrected chi connectivity index (χ0v) is 28.0. The van der Waals surface area contributed by atoms with Crippen LogP contribution in [0.3, 0.4) is 0 Å². The second-order valence-corrected chi connectivity index (χ2v) is 11.6. The Labute approximate surface area is 277 Å². The summed E-state index contributed by atoms with van der Waals surface area (Å²) < 4.78 is 24.4. The average molecular weight is 779 g/mol. The molecule has 11 nitrogen and oxygen atoms in total. The second-order valence-electron chi connectivity index (χ2n) is 9.50. The zero-order chi connectivity index (χ0) is 31.6. The Morgan fingerprint density at radius 3 is 2.64 bits per heavy atom. The summed E-state index contributed by atoms with van der Waals surface area (Å²) in [6.45, 7) is 4.03. The van der Waals surface area contributed by atoms with E-state index in [1.54, 1.807) is 31.3 Å². The zero-order valence-electron chi connectivity index (χ0n) is 24.2. The predicted molar refractivity (Wildman–Crippen MR) is 177 cm³/mol. The van der Waals surface area contributed by atoms with Crippen LogP contribution in [0.4, 0.5) is 4.79 Å². The molecule has 4 N–H and O–H groups in total. The van der Waals surface area contributed by atoms with Crippen LogP contribution in [-0.2, 0) is 16.1 Å². The topological polar surface area (TPSA) is 140 Å². The Bertz CT molecular complexity index is 1550. The van der Waals surface area contributed by atoms with Crippen LogP contribution < -0.4 is 30.3 Å². The monoisotopic (exact) mass is 778 g/mol. The van der Waals surface area contributed by atoms with Crippen LogP contribution in [0.2, 0.25) is 0 Å². The third-order valence-electron chi connectivity index (χ3n) is 6.36. The number of benzene rings is 3. The first-order valence-electron chi connectivity index (χ1n) is 13.6. The number of hydrogen-bond acceptors (Lipinski definition) is 9. The van der Waals surface area contributed by atoms with Crippen LogP contribution in [0.25, 0.3) is 0 Å². The fourth-order valence-electron chi connectivity index (χ4n) is 4.37. The van der Waals surface area contributed by atoms with Gasteiger partial charge in [-0.25, -0.2) is 9.59 Å². The number of carbonyl (C=O) groups excluding carboxylic acids is 2. The van der Waals surface area contributed by atoms with Gasteiger partial charge in [0.1, 0.15) is 19.0 Å². The summed E-state index contributed by atoms with van der Waals surface area (Å²) in [5, 5.41) is 20.1. The van der Waals surface area contributed by atoms with Gasteiger partial charge in [0.05, 0.1) is 35.1 Å². The summed E-state index contributed by atoms with van der Waals surface area (Å²) in [7, 11) is 1.28. The Kier molecular flexibility index (Phi) is 11.9. The number of aliphatic hydroxyl groups is 1. The Balaban J connectivity index is 1.42. The first-order valence-corrected chi connectivity index (χ1v) is 15.5. The van der Waals surface area contributed by atoms with Crippen molar-refractivity contribution in [2.45, 2.75) is 32.7 Å². The number of ether oxygens (including phenoxy) is 4. The molecule has 3 aromatic carbocycles. The van der Waals surface area contributed by atoms with E-state index in [2.05, 4.69) is 59.7 Å². The van der Waals surface area contributed by atoms with Crippen molar-refractivity contribution in [1.82, 2.24) is 16.1 Å². The van der Waals surface area contributed by atoms with Gasteiger partial charge < -0.3 is 34.7 Å². The summed E-state index contributed by atoms with van der Waals surface area (Å²) >= 11 is 5.72. The number of halogens is 2. The van der Waals surface area contributed by atoms with E-state index in [1.807, 2.05) is 49.4 Å².